The van der Waals surface area contributed by atoms with Crippen molar-refractivity contribution in [2.45, 2.75) is 12.5 Å². The molecular weight excluding hydrogens is 178 g/mol. The van der Waals surface area contributed by atoms with Gasteiger partial charge in [0.2, 0.25) is 5.91 Å². The number of carbonyl (C=O) groups is 1. The molecule has 1 fully saturated rings. The van der Waals surface area contributed by atoms with Crippen LogP contribution < -0.4 is 5.32 Å². The van der Waals surface area contributed by atoms with Crippen molar-refractivity contribution in [1.29, 1.82) is 0 Å². The van der Waals surface area contributed by atoms with Gasteiger partial charge in [0.1, 0.15) is 6.04 Å². The molecule has 1 saturated heterocycles. The predicted molar refractivity (Wildman–Crippen MR) is 53.9 cm³/mol. The number of hydrogen-bond donors (Lipinski definition) is 1. The van der Waals surface area contributed by atoms with Crippen LogP contribution in [0.5, 0.6) is 0 Å². The van der Waals surface area contributed by atoms with Crippen molar-refractivity contribution in [3.8, 4) is 0 Å². The van der Waals surface area contributed by atoms with Crippen molar-refractivity contribution < 1.29 is 4.79 Å². The Kier molecular flexibility index (Phi) is 2.35. The molecule has 14 heavy (non-hydrogen) atoms. The fraction of sp³-hybridized carbons (Fsp3) is 0.400. The normalized spacial score (nSPS) is 21.4. The van der Waals surface area contributed by atoms with E-state index in [-0.39, 0.29) is 11.9 Å². The lowest BCUT2D eigenvalue weighted by molar-refractivity contribution is -0.127. The van der Waals surface area contributed by atoms with Crippen LogP contribution in [0.3, 0.4) is 0 Å². The standard InChI is InChI=1S/C10H13N3O/c1-13-7-4-9(10(13)14)12-8-2-5-11-6-3-8/h2-3,5-6,9H,4,7H2,1H3,(H,11,12). The van der Waals surface area contributed by atoms with Crippen molar-refractivity contribution in [2.24, 2.45) is 0 Å². The second-order valence-corrected chi connectivity index (χ2v) is 3.48. The molecule has 0 spiro atoms. The molecule has 0 saturated carbocycles. The summed E-state index contributed by atoms with van der Waals surface area (Å²) in [5.74, 6) is 0.168. The Morgan fingerprint density at radius 2 is 2.21 bits per heavy atom. The molecule has 1 unspecified atom stereocenters. The van der Waals surface area contributed by atoms with Gasteiger partial charge in [-0.05, 0) is 18.6 Å². The second-order valence-electron chi connectivity index (χ2n) is 3.48. The van der Waals surface area contributed by atoms with E-state index in [2.05, 4.69) is 10.3 Å². The zero-order valence-corrected chi connectivity index (χ0v) is 8.10. The summed E-state index contributed by atoms with van der Waals surface area (Å²) in [7, 11) is 1.83. The topological polar surface area (TPSA) is 45.2 Å². The molecule has 0 aliphatic carbocycles. The summed E-state index contributed by atoms with van der Waals surface area (Å²) in [5.41, 5.74) is 0.952. The molecular formula is C10H13N3O. The van der Waals surface area contributed by atoms with Crippen LogP contribution in [0.25, 0.3) is 0 Å². The maximum atomic E-state index is 11.6. The molecule has 0 bridgehead atoms. The van der Waals surface area contributed by atoms with E-state index < -0.39 is 0 Å². The number of aromatic nitrogens is 1. The molecule has 4 heteroatoms. The Hall–Kier alpha value is -1.58. The number of nitrogens with one attached hydrogen (secondary N) is 1. The Morgan fingerprint density at radius 3 is 2.79 bits per heavy atom. The van der Waals surface area contributed by atoms with Crippen molar-refractivity contribution >= 4 is 11.6 Å². The number of amides is 1. The van der Waals surface area contributed by atoms with Crippen LogP contribution in [-0.4, -0.2) is 35.4 Å². The maximum Gasteiger partial charge on any atom is 0.244 e. The van der Waals surface area contributed by atoms with E-state index in [1.54, 1.807) is 17.3 Å². The van der Waals surface area contributed by atoms with Gasteiger partial charge in [-0.15, -0.1) is 0 Å². The first kappa shape index (κ1) is 8.99. The summed E-state index contributed by atoms with van der Waals surface area (Å²) in [6.45, 7) is 0.835. The van der Waals surface area contributed by atoms with Crippen LogP contribution in [0.4, 0.5) is 5.69 Å². The Labute approximate surface area is 82.9 Å². The SMILES string of the molecule is CN1CCC(Nc2ccncc2)C1=O. The summed E-state index contributed by atoms with van der Waals surface area (Å²) in [5, 5.41) is 3.19. The van der Waals surface area contributed by atoms with Crippen LogP contribution in [0.15, 0.2) is 24.5 Å². The quantitative estimate of drug-likeness (QED) is 0.749. The summed E-state index contributed by atoms with van der Waals surface area (Å²) in [6, 6.07) is 3.67. The highest BCUT2D eigenvalue weighted by molar-refractivity contribution is 5.86. The number of rotatable bonds is 2. The third-order valence-corrected chi connectivity index (χ3v) is 2.45. The van der Waals surface area contributed by atoms with Gasteiger partial charge < -0.3 is 10.2 Å². The van der Waals surface area contributed by atoms with Crippen molar-refractivity contribution in [3.05, 3.63) is 24.5 Å². The van der Waals surface area contributed by atoms with E-state index in [0.717, 1.165) is 18.7 Å². The molecule has 1 atom stereocenters. The van der Waals surface area contributed by atoms with Crippen molar-refractivity contribution in [2.75, 3.05) is 18.9 Å². The number of likely N-dealkylation sites (tertiary alicyclic amines) is 1. The number of likely N-dealkylation sites (N-methyl/N-ethyl adjacent to an activating group) is 1. The average molecular weight is 191 g/mol. The van der Waals surface area contributed by atoms with Crippen molar-refractivity contribution in [3.63, 3.8) is 0 Å². The molecule has 1 aliphatic heterocycles. The lowest BCUT2D eigenvalue weighted by Gasteiger charge is -2.12. The van der Waals surface area contributed by atoms with Gasteiger partial charge in [-0.2, -0.15) is 0 Å². The number of anilines is 1. The molecule has 1 aromatic rings. The molecule has 4 nitrogen and oxygen atoms in total. The van der Waals surface area contributed by atoms with Crippen LogP contribution in [0.1, 0.15) is 6.42 Å². The average Bonchev–Trinajstić information content (AvgIpc) is 2.52. The van der Waals surface area contributed by atoms with Crippen LogP contribution in [0, 0.1) is 0 Å². The molecule has 0 aromatic carbocycles. The van der Waals surface area contributed by atoms with E-state index in [1.165, 1.54) is 0 Å². The molecule has 1 aliphatic rings. The minimum atomic E-state index is -0.0672. The molecule has 1 aromatic heterocycles. The fourth-order valence-electron chi connectivity index (χ4n) is 1.61. The van der Waals surface area contributed by atoms with Gasteiger partial charge in [0, 0.05) is 31.7 Å². The van der Waals surface area contributed by atoms with Crippen molar-refractivity contribution in [1.82, 2.24) is 9.88 Å². The second kappa shape index (κ2) is 3.65. The van der Waals surface area contributed by atoms with E-state index in [0.29, 0.717) is 0 Å². The van der Waals surface area contributed by atoms with E-state index in [4.69, 9.17) is 0 Å². The molecule has 2 heterocycles. The fourth-order valence-corrected chi connectivity index (χ4v) is 1.61. The van der Waals surface area contributed by atoms with Gasteiger partial charge in [0.25, 0.3) is 0 Å². The van der Waals surface area contributed by atoms with Gasteiger partial charge in [-0.25, -0.2) is 0 Å². The molecule has 1 amide bonds. The Bertz CT molecular complexity index is 325. The van der Waals surface area contributed by atoms with E-state index >= 15 is 0 Å². The Balaban J connectivity index is 2.02. The lowest BCUT2D eigenvalue weighted by Crippen LogP contribution is -2.30. The largest absolute Gasteiger partial charge is 0.374 e. The first-order valence-electron chi connectivity index (χ1n) is 4.69. The lowest BCUT2D eigenvalue weighted by atomic mass is 10.2. The van der Waals surface area contributed by atoms with Crippen LogP contribution in [-0.2, 0) is 4.79 Å². The number of nitrogens with zero attached hydrogens (tertiary/aromatic N) is 2. The van der Waals surface area contributed by atoms with Crippen LogP contribution >= 0.6 is 0 Å². The third kappa shape index (κ3) is 1.69. The smallest absolute Gasteiger partial charge is 0.244 e. The summed E-state index contributed by atoms with van der Waals surface area (Å²) in [6.07, 6.45) is 4.30. The molecule has 74 valence electrons. The number of carbonyl (C=O) groups excluding carboxylic acids is 1. The number of hydrogen-bond acceptors (Lipinski definition) is 3. The molecule has 0 radical (unpaired) electrons. The molecule has 1 N–H and O–H groups in total. The highest BCUT2D eigenvalue weighted by Crippen LogP contribution is 2.14. The van der Waals surface area contributed by atoms with Gasteiger partial charge in [0.05, 0.1) is 0 Å². The highest BCUT2D eigenvalue weighted by Gasteiger charge is 2.28. The summed E-state index contributed by atoms with van der Waals surface area (Å²) < 4.78 is 0. The summed E-state index contributed by atoms with van der Waals surface area (Å²) in [4.78, 5) is 17.2. The first-order valence-corrected chi connectivity index (χ1v) is 4.69. The van der Waals surface area contributed by atoms with Gasteiger partial charge >= 0.3 is 0 Å². The Morgan fingerprint density at radius 1 is 1.50 bits per heavy atom. The highest BCUT2D eigenvalue weighted by atomic mass is 16.2. The zero-order chi connectivity index (χ0) is 9.97. The van der Waals surface area contributed by atoms with Gasteiger partial charge in [-0.1, -0.05) is 0 Å². The van der Waals surface area contributed by atoms with Crippen LogP contribution in [0.2, 0.25) is 0 Å². The first-order chi connectivity index (χ1) is 6.77. The minimum Gasteiger partial charge on any atom is -0.374 e. The zero-order valence-electron chi connectivity index (χ0n) is 8.10. The maximum absolute atomic E-state index is 11.6. The number of pyridine rings is 1. The van der Waals surface area contributed by atoms with E-state index in [1.807, 2.05) is 19.2 Å². The van der Waals surface area contributed by atoms with Gasteiger partial charge in [0.15, 0.2) is 0 Å². The monoisotopic (exact) mass is 191 g/mol. The summed E-state index contributed by atoms with van der Waals surface area (Å²) >= 11 is 0. The molecule has 2 rings (SSSR count). The minimum absolute atomic E-state index is 0.0672. The van der Waals surface area contributed by atoms with E-state index in [9.17, 15) is 4.79 Å². The predicted octanol–water partition coefficient (Wildman–Crippen LogP) is 0.724. The van der Waals surface area contributed by atoms with Gasteiger partial charge in [-0.3, -0.25) is 9.78 Å². The third-order valence-electron chi connectivity index (χ3n) is 2.45.